The third-order valence-electron chi connectivity index (χ3n) is 6.25. The largest absolute Gasteiger partial charge is 0.466 e. The molecule has 4 rings (SSSR count). The maximum absolute atomic E-state index is 13.6. The SMILES string of the molecule is CCOC(=O)CC1CCCc2ccc(C3(C(=O)c4ccc(C(=N)N)cc4)C=CC=N3)cc21. The number of benzene rings is 2. The van der Waals surface area contributed by atoms with Gasteiger partial charge in [-0.15, -0.1) is 0 Å². The number of nitrogens with two attached hydrogens (primary N) is 1. The summed E-state index contributed by atoms with van der Waals surface area (Å²) in [5.74, 6) is -0.296. The van der Waals surface area contributed by atoms with Crippen LogP contribution in [0.5, 0.6) is 0 Å². The van der Waals surface area contributed by atoms with E-state index in [1.54, 1.807) is 36.6 Å². The third-order valence-corrected chi connectivity index (χ3v) is 6.25. The van der Waals surface area contributed by atoms with Gasteiger partial charge in [-0.3, -0.25) is 20.0 Å². The number of esters is 1. The molecule has 3 N–H and O–H groups in total. The van der Waals surface area contributed by atoms with Crippen molar-refractivity contribution in [2.45, 2.75) is 44.1 Å². The highest BCUT2D eigenvalue weighted by Crippen LogP contribution is 2.40. The van der Waals surface area contributed by atoms with E-state index < -0.39 is 5.54 Å². The van der Waals surface area contributed by atoms with Gasteiger partial charge in [-0.05, 0) is 60.9 Å². The van der Waals surface area contributed by atoms with Crippen molar-refractivity contribution >= 4 is 23.8 Å². The fourth-order valence-corrected chi connectivity index (χ4v) is 4.61. The van der Waals surface area contributed by atoms with Gasteiger partial charge in [0.15, 0.2) is 11.3 Å². The third kappa shape index (κ3) is 4.00. The van der Waals surface area contributed by atoms with Crippen LogP contribution in [0.4, 0.5) is 0 Å². The molecule has 32 heavy (non-hydrogen) atoms. The monoisotopic (exact) mass is 429 g/mol. The number of aryl methyl sites for hydroxylation is 1. The van der Waals surface area contributed by atoms with Crippen LogP contribution in [0.15, 0.2) is 59.6 Å². The fraction of sp³-hybridized carbons (Fsp3) is 0.308. The van der Waals surface area contributed by atoms with Crippen molar-refractivity contribution in [1.82, 2.24) is 0 Å². The Morgan fingerprint density at radius 2 is 1.94 bits per heavy atom. The lowest BCUT2D eigenvalue weighted by Gasteiger charge is -2.29. The van der Waals surface area contributed by atoms with Gasteiger partial charge in [0.2, 0.25) is 0 Å². The second-order valence-corrected chi connectivity index (χ2v) is 8.24. The molecular formula is C26H27N3O3. The zero-order chi connectivity index (χ0) is 22.7. The van der Waals surface area contributed by atoms with E-state index in [2.05, 4.69) is 11.1 Å². The predicted molar refractivity (Wildman–Crippen MR) is 124 cm³/mol. The van der Waals surface area contributed by atoms with Gasteiger partial charge in [0.1, 0.15) is 5.84 Å². The van der Waals surface area contributed by atoms with Gasteiger partial charge in [-0.1, -0.05) is 42.5 Å². The number of carbonyl (C=O) groups excluding carboxylic acids is 2. The highest BCUT2D eigenvalue weighted by molar-refractivity contribution is 6.08. The van der Waals surface area contributed by atoms with E-state index in [0.29, 0.717) is 24.2 Å². The highest BCUT2D eigenvalue weighted by atomic mass is 16.5. The molecule has 164 valence electrons. The molecule has 0 spiro atoms. The summed E-state index contributed by atoms with van der Waals surface area (Å²) in [7, 11) is 0. The lowest BCUT2D eigenvalue weighted by Crippen LogP contribution is -2.31. The van der Waals surface area contributed by atoms with Crippen molar-refractivity contribution < 1.29 is 14.3 Å². The van der Waals surface area contributed by atoms with Crippen LogP contribution in [0.2, 0.25) is 0 Å². The van der Waals surface area contributed by atoms with E-state index in [9.17, 15) is 9.59 Å². The first-order valence-corrected chi connectivity index (χ1v) is 11.0. The van der Waals surface area contributed by atoms with E-state index in [1.165, 1.54) is 5.56 Å². The van der Waals surface area contributed by atoms with Crippen molar-refractivity contribution in [2.75, 3.05) is 6.61 Å². The van der Waals surface area contributed by atoms with Crippen LogP contribution < -0.4 is 5.73 Å². The predicted octanol–water partition coefficient (Wildman–Crippen LogP) is 4.06. The van der Waals surface area contributed by atoms with Crippen molar-refractivity contribution in [1.29, 1.82) is 5.41 Å². The molecule has 2 unspecified atom stereocenters. The van der Waals surface area contributed by atoms with Crippen molar-refractivity contribution in [2.24, 2.45) is 10.7 Å². The van der Waals surface area contributed by atoms with Gasteiger partial charge in [0.25, 0.3) is 0 Å². The van der Waals surface area contributed by atoms with Gasteiger partial charge >= 0.3 is 5.97 Å². The van der Waals surface area contributed by atoms with Crippen LogP contribution in [0, 0.1) is 5.41 Å². The number of carbonyl (C=O) groups is 2. The maximum atomic E-state index is 13.6. The van der Waals surface area contributed by atoms with Crippen molar-refractivity contribution in [3.8, 4) is 0 Å². The summed E-state index contributed by atoms with van der Waals surface area (Å²) in [6.45, 7) is 2.19. The molecule has 2 aromatic carbocycles. The van der Waals surface area contributed by atoms with Crippen LogP contribution in [-0.2, 0) is 21.5 Å². The summed E-state index contributed by atoms with van der Waals surface area (Å²) < 4.78 is 5.18. The Bertz CT molecular complexity index is 1100. The van der Waals surface area contributed by atoms with Crippen molar-refractivity contribution in [3.05, 3.63) is 82.4 Å². The Morgan fingerprint density at radius 3 is 2.59 bits per heavy atom. The number of rotatable bonds is 7. The molecule has 0 bridgehead atoms. The van der Waals surface area contributed by atoms with Gasteiger partial charge in [-0.25, -0.2) is 0 Å². The normalized spacial score (nSPS) is 21.2. The topological polar surface area (TPSA) is 106 Å². The second-order valence-electron chi connectivity index (χ2n) is 8.24. The number of hydrogen-bond acceptors (Lipinski definition) is 5. The van der Waals surface area contributed by atoms with E-state index in [4.69, 9.17) is 15.9 Å². The number of ether oxygens (including phenoxy) is 1. The number of aliphatic imine (C=N–C) groups is 1. The standard InChI is InChI=1S/C26H27N3O3/c1-2-32-23(30)15-20-6-3-5-17-11-12-21(16-22(17)20)26(13-4-14-29-26)24(31)18-7-9-19(10-8-18)25(27)28/h4,7-14,16,20H,2-3,5-6,15H2,1H3,(H3,27,28). The minimum atomic E-state index is -1.14. The summed E-state index contributed by atoms with van der Waals surface area (Å²) in [6, 6.07) is 12.8. The van der Waals surface area contributed by atoms with Gasteiger partial charge in [0, 0.05) is 17.3 Å². The average molecular weight is 430 g/mol. The molecule has 1 aliphatic carbocycles. The Hall–Kier alpha value is -3.54. The van der Waals surface area contributed by atoms with E-state index in [-0.39, 0.29) is 23.5 Å². The molecule has 0 saturated carbocycles. The zero-order valence-corrected chi connectivity index (χ0v) is 18.1. The summed E-state index contributed by atoms with van der Waals surface area (Å²) in [5, 5.41) is 7.56. The maximum Gasteiger partial charge on any atom is 0.306 e. The van der Waals surface area contributed by atoms with Crippen molar-refractivity contribution in [3.63, 3.8) is 0 Å². The molecule has 0 fully saturated rings. The molecule has 2 aliphatic rings. The minimum absolute atomic E-state index is 0.0418. The van der Waals surface area contributed by atoms with Crippen LogP contribution >= 0.6 is 0 Å². The van der Waals surface area contributed by atoms with Gasteiger partial charge in [-0.2, -0.15) is 0 Å². The van der Waals surface area contributed by atoms with Gasteiger partial charge in [0.05, 0.1) is 13.0 Å². The molecule has 6 nitrogen and oxygen atoms in total. The van der Waals surface area contributed by atoms with Crippen LogP contribution in [-0.4, -0.2) is 30.4 Å². The first-order valence-electron chi connectivity index (χ1n) is 11.0. The quantitative estimate of drug-likeness (QED) is 0.300. The van der Waals surface area contributed by atoms with Crippen LogP contribution in [0.3, 0.4) is 0 Å². The molecule has 0 saturated heterocycles. The number of ketones is 1. The number of allylic oxidation sites excluding steroid dienone is 1. The molecule has 0 radical (unpaired) electrons. The highest BCUT2D eigenvalue weighted by Gasteiger charge is 2.40. The Kier molecular flexibility index (Phi) is 6.04. The molecule has 2 aromatic rings. The molecule has 2 atom stereocenters. The molecule has 0 aromatic heterocycles. The summed E-state index contributed by atoms with van der Waals surface area (Å²) in [6.07, 6.45) is 8.51. The number of Topliss-reactive ketones (excluding diaryl/α,β-unsaturated/α-hetero) is 1. The number of fused-ring (bicyclic) bond motifs is 1. The number of nitrogen functional groups attached to an aromatic ring is 1. The number of amidine groups is 1. The molecule has 0 amide bonds. The van der Waals surface area contributed by atoms with E-state index in [0.717, 1.165) is 30.4 Å². The Labute approximate surface area is 187 Å². The first kappa shape index (κ1) is 21.7. The smallest absolute Gasteiger partial charge is 0.306 e. The summed E-state index contributed by atoms with van der Waals surface area (Å²) in [5.41, 5.74) is 8.58. The Balaban J connectivity index is 1.71. The molecule has 6 heteroatoms. The first-order chi connectivity index (χ1) is 15.4. The molecular weight excluding hydrogens is 402 g/mol. The lowest BCUT2D eigenvalue weighted by atomic mass is 9.76. The minimum Gasteiger partial charge on any atom is -0.466 e. The number of nitrogens with one attached hydrogen (secondary N) is 1. The summed E-state index contributed by atoms with van der Waals surface area (Å²) in [4.78, 5) is 30.4. The van der Waals surface area contributed by atoms with Gasteiger partial charge < -0.3 is 10.5 Å². The number of nitrogens with zero attached hydrogens (tertiary/aromatic N) is 1. The number of hydrogen-bond donors (Lipinski definition) is 2. The second kappa shape index (κ2) is 8.91. The molecule has 1 aliphatic heterocycles. The molecule has 1 heterocycles. The average Bonchev–Trinajstić information content (AvgIpc) is 3.30. The lowest BCUT2D eigenvalue weighted by molar-refractivity contribution is -0.143. The Morgan fingerprint density at radius 1 is 1.19 bits per heavy atom. The van der Waals surface area contributed by atoms with Crippen LogP contribution in [0.25, 0.3) is 0 Å². The fourth-order valence-electron chi connectivity index (χ4n) is 4.61. The van der Waals surface area contributed by atoms with E-state index >= 15 is 0 Å². The van der Waals surface area contributed by atoms with E-state index in [1.807, 2.05) is 25.1 Å². The zero-order valence-electron chi connectivity index (χ0n) is 18.1. The summed E-state index contributed by atoms with van der Waals surface area (Å²) >= 11 is 0. The van der Waals surface area contributed by atoms with Crippen LogP contribution in [0.1, 0.15) is 64.7 Å².